The van der Waals surface area contributed by atoms with Crippen LogP contribution in [0.2, 0.25) is 0 Å². The molecule has 1 N–H and O–H groups in total. The average molecular weight is 198 g/mol. The Hall–Kier alpha value is -0.480. The molecule has 4 heteroatoms. The third-order valence-corrected chi connectivity index (χ3v) is 3.27. The van der Waals surface area contributed by atoms with Crippen molar-refractivity contribution in [2.24, 2.45) is 5.92 Å². The second-order valence-corrected chi connectivity index (χ2v) is 4.23. The molecule has 1 aliphatic rings. The molecule has 1 aliphatic carbocycles. The van der Waals surface area contributed by atoms with Crippen LogP contribution in [-0.2, 0) is 0 Å². The highest BCUT2D eigenvalue weighted by Crippen LogP contribution is 2.33. The van der Waals surface area contributed by atoms with Gasteiger partial charge in [-0.1, -0.05) is 19.3 Å². The van der Waals surface area contributed by atoms with Crippen molar-refractivity contribution in [2.45, 2.75) is 38.2 Å². The summed E-state index contributed by atoms with van der Waals surface area (Å²) in [6.45, 7) is 0. The van der Waals surface area contributed by atoms with Crippen molar-refractivity contribution < 1.29 is 5.11 Å². The van der Waals surface area contributed by atoms with Crippen molar-refractivity contribution in [3.63, 3.8) is 0 Å². The summed E-state index contributed by atoms with van der Waals surface area (Å²) in [6.07, 6.45) is 7.40. The zero-order valence-electron chi connectivity index (χ0n) is 7.52. The normalized spacial score (nSPS) is 21.6. The van der Waals surface area contributed by atoms with Crippen LogP contribution in [0.1, 0.15) is 43.9 Å². The van der Waals surface area contributed by atoms with Gasteiger partial charge in [-0.25, -0.2) is 0 Å². The van der Waals surface area contributed by atoms with E-state index < -0.39 is 0 Å². The lowest BCUT2D eigenvalue weighted by Gasteiger charge is -2.24. The Kier molecular flexibility index (Phi) is 2.90. The predicted molar refractivity (Wildman–Crippen MR) is 51.4 cm³/mol. The number of hydrogen-bond acceptors (Lipinski definition) is 4. The molecule has 3 nitrogen and oxygen atoms in total. The summed E-state index contributed by atoms with van der Waals surface area (Å²) in [5, 5.41) is 9.94. The maximum absolute atomic E-state index is 9.94. The van der Waals surface area contributed by atoms with Crippen LogP contribution in [-0.4, -0.2) is 13.9 Å². The number of rotatable bonds is 2. The molecule has 1 unspecified atom stereocenters. The Labute approximate surface area is 82.1 Å². The van der Waals surface area contributed by atoms with E-state index in [4.69, 9.17) is 0 Å². The predicted octanol–water partition coefficient (Wildman–Crippen LogP) is 2.15. The molecule has 0 aliphatic heterocycles. The fourth-order valence-electron chi connectivity index (χ4n) is 1.99. The molecule has 13 heavy (non-hydrogen) atoms. The Morgan fingerprint density at radius 2 is 2.15 bits per heavy atom. The van der Waals surface area contributed by atoms with Gasteiger partial charge in [0.2, 0.25) is 0 Å². The molecule has 0 amide bonds. The van der Waals surface area contributed by atoms with Gasteiger partial charge < -0.3 is 5.11 Å². The van der Waals surface area contributed by atoms with Crippen LogP contribution in [0, 0.1) is 5.92 Å². The number of aliphatic hydroxyl groups excluding tert-OH is 1. The third-order valence-electron chi connectivity index (χ3n) is 2.78. The summed E-state index contributed by atoms with van der Waals surface area (Å²) in [7, 11) is 0. The number of nitrogens with zero attached hydrogens (tertiary/aromatic N) is 2. The van der Waals surface area contributed by atoms with Crippen LogP contribution in [0.25, 0.3) is 0 Å². The number of aliphatic hydroxyl groups is 1. The summed E-state index contributed by atoms with van der Waals surface area (Å²) in [5.74, 6) is 0.414. The molecule has 1 saturated carbocycles. The minimum atomic E-state index is -0.376. The molecule has 0 spiro atoms. The first-order valence-electron chi connectivity index (χ1n) is 4.83. The van der Waals surface area contributed by atoms with Crippen molar-refractivity contribution in [1.82, 2.24) is 8.75 Å². The molecule has 0 saturated heterocycles. The van der Waals surface area contributed by atoms with Crippen LogP contribution in [0.4, 0.5) is 0 Å². The molecule has 1 aromatic rings. The lowest BCUT2D eigenvalue weighted by Crippen LogP contribution is -2.16. The second kappa shape index (κ2) is 4.15. The molecule has 72 valence electrons. The zero-order chi connectivity index (χ0) is 9.10. The Balaban J connectivity index is 1.99. The first kappa shape index (κ1) is 9.09. The average Bonchev–Trinajstić information content (AvgIpc) is 2.71. The van der Waals surface area contributed by atoms with Gasteiger partial charge in [0.05, 0.1) is 17.9 Å². The van der Waals surface area contributed by atoms with Gasteiger partial charge in [0, 0.05) is 0 Å². The van der Waals surface area contributed by atoms with E-state index in [0.29, 0.717) is 5.92 Å². The molecular weight excluding hydrogens is 184 g/mol. The first-order valence-corrected chi connectivity index (χ1v) is 5.56. The van der Waals surface area contributed by atoms with E-state index in [1.54, 1.807) is 6.20 Å². The van der Waals surface area contributed by atoms with E-state index in [-0.39, 0.29) is 6.10 Å². The van der Waals surface area contributed by atoms with Crippen molar-refractivity contribution in [2.75, 3.05) is 0 Å². The number of hydrogen-bond donors (Lipinski definition) is 1. The molecular formula is C9H14N2OS. The maximum Gasteiger partial charge on any atom is 0.103 e. The lowest BCUT2D eigenvalue weighted by molar-refractivity contribution is 0.0818. The van der Waals surface area contributed by atoms with Gasteiger partial charge in [0.1, 0.15) is 11.8 Å². The van der Waals surface area contributed by atoms with Gasteiger partial charge in [0.15, 0.2) is 0 Å². The van der Waals surface area contributed by atoms with Gasteiger partial charge in [0.25, 0.3) is 0 Å². The van der Waals surface area contributed by atoms with Crippen molar-refractivity contribution in [1.29, 1.82) is 0 Å². The summed E-state index contributed by atoms with van der Waals surface area (Å²) < 4.78 is 7.98. The van der Waals surface area contributed by atoms with Gasteiger partial charge in [-0.15, -0.1) is 0 Å². The SMILES string of the molecule is OC(c1cnsn1)C1CCCCC1. The Morgan fingerprint density at radius 1 is 1.38 bits per heavy atom. The third kappa shape index (κ3) is 2.06. The minimum Gasteiger partial charge on any atom is -0.386 e. The Bertz CT molecular complexity index is 244. The smallest absolute Gasteiger partial charge is 0.103 e. The van der Waals surface area contributed by atoms with Crippen molar-refractivity contribution in [3.8, 4) is 0 Å². The van der Waals surface area contributed by atoms with E-state index in [1.165, 1.54) is 31.0 Å². The topological polar surface area (TPSA) is 46.0 Å². The molecule has 2 rings (SSSR count). The highest BCUT2D eigenvalue weighted by molar-refractivity contribution is 6.99. The molecule has 1 atom stereocenters. The van der Waals surface area contributed by atoms with E-state index >= 15 is 0 Å². The van der Waals surface area contributed by atoms with Crippen LogP contribution < -0.4 is 0 Å². The molecule has 0 aromatic carbocycles. The summed E-state index contributed by atoms with van der Waals surface area (Å²) >= 11 is 1.17. The zero-order valence-corrected chi connectivity index (χ0v) is 8.33. The molecule has 0 bridgehead atoms. The van der Waals surface area contributed by atoms with E-state index in [1.807, 2.05) is 0 Å². The molecule has 1 heterocycles. The van der Waals surface area contributed by atoms with Gasteiger partial charge in [-0.3, -0.25) is 0 Å². The fourth-order valence-corrected chi connectivity index (χ4v) is 2.45. The largest absolute Gasteiger partial charge is 0.386 e. The van der Waals surface area contributed by atoms with Gasteiger partial charge in [-0.2, -0.15) is 8.75 Å². The second-order valence-electron chi connectivity index (χ2n) is 3.68. The van der Waals surface area contributed by atoms with E-state index in [2.05, 4.69) is 8.75 Å². The monoisotopic (exact) mass is 198 g/mol. The highest BCUT2D eigenvalue weighted by Gasteiger charge is 2.24. The van der Waals surface area contributed by atoms with Crippen molar-refractivity contribution >= 4 is 11.7 Å². The quantitative estimate of drug-likeness (QED) is 0.792. The standard InChI is InChI=1S/C9H14N2OS/c12-9(8-6-10-13-11-8)7-4-2-1-3-5-7/h6-7,9,12H,1-5H2. The van der Waals surface area contributed by atoms with Gasteiger partial charge in [-0.05, 0) is 18.8 Å². The molecule has 1 fully saturated rings. The molecule has 0 radical (unpaired) electrons. The van der Waals surface area contributed by atoms with Crippen LogP contribution in [0.3, 0.4) is 0 Å². The van der Waals surface area contributed by atoms with Gasteiger partial charge >= 0.3 is 0 Å². The fraction of sp³-hybridized carbons (Fsp3) is 0.778. The maximum atomic E-state index is 9.94. The summed E-state index contributed by atoms with van der Waals surface area (Å²) in [6, 6.07) is 0. The minimum absolute atomic E-state index is 0.376. The summed E-state index contributed by atoms with van der Waals surface area (Å²) in [5.41, 5.74) is 0.761. The Morgan fingerprint density at radius 3 is 2.77 bits per heavy atom. The lowest BCUT2D eigenvalue weighted by atomic mass is 9.84. The van der Waals surface area contributed by atoms with Crippen LogP contribution in [0.5, 0.6) is 0 Å². The van der Waals surface area contributed by atoms with Crippen LogP contribution >= 0.6 is 11.7 Å². The van der Waals surface area contributed by atoms with E-state index in [0.717, 1.165) is 18.5 Å². The summed E-state index contributed by atoms with van der Waals surface area (Å²) in [4.78, 5) is 0. The highest BCUT2D eigenvalue weighted by atomic mass is 32.1. The number of aromatic nitrogens is 2. The first-order chi connectivity index (χ1) is 6.38. The van der Waals surface area contributed by atoms with Crippen molar-refractivity contribution in [3.05, 3.63) is 11.9 Å². The van der Waals surface area contributed by atoms with Crippen LogP contribution in [0.15, 0.2) is 6.20 Å². The van der Waals surface area contributed by atoms with E-state index in [9.17, 15) is 5.11 Å². The molecule has 1 aromatic heterocycles.